The van der Waals surface area contributed by atoms with Gasteiger partial charge in [0.2, 0.25) is 5.96 Å². The Hall–Kier alpha value is -3.23. The largest absolute Gasteiger partial charge is 0.340 e. The summed E-state index contributed by atoms with van der Waals surface area (Å²) in [6, 6.07) is 17.0. The summed E-state index contributed by atoms with van der Waals surface area (Å²) in [6.45, 7) is 10.1. The average molecular weight is 505 g/mol. The number of nitrogens with zero attached hydrogens (tertiary/aromatic N) is 6. The van der Waals surface area contributed by atoms with Crippen LogP contribution in [0.25, 0.3) is 11.1 Å². The van der Waals surface area contributed by atoms with Crippen LogP contribution in [0.2, 0.25) is 0 Å². The summed E-state index contributed by atoms with van der Waals surface area (Å²) in [7, 11) is 4.34. The predicted molar refractivity (Wildman–Crippen MR) is 146 cm³/mol. The first-order chi connectivity index (χ1) is 18.0. The van der Waals surface area contributed by atoms with Crippen molar-refractivity contribution in [3.63, 3.8) is 0 Å². The Morgan fingerprint density at radius 3 is 2.08 bits per heavy atom. The maximum Gasteiger partial charge on any atom is 0.253 e. The highest BCUT2D eigenvalue weighted by Gasteiger charge is 2.25. The number of hydrogen-bond acceptors (Lipinski definition) is 5. The fourth-order valence-electron chi connectivity index (χ4n) is 5.02. The molecule has 0 spiro atoms. The highest BCUT2D eigenvalue weighted by Crippen LogP contribution is 2.27. The molecule has 37 heavy (non-hydrogen) atoms. The molecule has 0 aliphatic carbocycles. The molecule has 0 radical (unpaired) electrons. The average Bonchev–Trinajstić information content (AvgIpc) is 3.35. The molecule has 2 saturated heterocycles. The number of guanidine groups is 1. The molecule has 3 aromatic rings. The van der Waals surface area contributed by atoms with E-state index in [1.165, 1.54) is 11.6 Å². The zero-order valence-corrected chi connectivity index (χ0v) is 22.1. The number of likely N-dealkylation sites (N-methyl/N-ethyl adjacent to an activating group) is 2. The normalized spacial score (nSPS) is 18.2. The first kappa shape index (κ1) is 25.4. The van der Waals surface area contributed by atoms with Crippen LogP contribution in [0.15, 0.2) is 64.1 Å². The van der Waals surface area contributed by atoms with E-state index >= 15 is 0 Å². The highest BCUT2D eigenvalue weighted by molar-refractivity contribution is 5.82. The van der Waals surface area contributed by atoms with Gasteiger partial charge in [-0.3, -0.25) is 0 Å². The molecular weight excluding hydrogens is 467 g/mol. The van der Waals surface area contributed by atoms with Gasteiger partial charge in [-0.05, 0) is 43.6 Å². The maximum atomic E-state index is 14.1. The molecule has 1 aromatic heterocycles. The van der Waals surface area contributed by atoms with E-state index < -0.39 is 0 Å². The molecule has 2 aromatic carbocycles. The second-order valence-electron chi connectivity index (χ2n) is 10.4. The second kappa shape index (κ2) is 11.4. The summed E-state index contributed by atoms with van der Waals surface area (Å²) in [5, 5.41) is 4.34. The maximum absolute atomic E-state index is 14.1. The van der Waals surface area contributed by atoms with Crippen LogP contribution in [0.4, 0.5) is 10.3 Å². The summed E-state index contributed by atoms with van der Waals surface area (Å²) in [4.78, 5) is 14.5. The third kappa shape index (κ3) is 6.19. The predicted octanol–water partition coefficient (Wildman–Crippen LogP) is 4.31. The fraction of sp³-hybridized carbons (Fsp3) is 0.448. The van der Waals surface area contributed by atoms with Gasteiger partial charge in [0, 0.05) is 64.0 Å². The summed E-state index contributed by atoms with van der Waals surface area (Å²) in [6.07, 6.45) is 0.746. The quantitative estimate of drug-likeness (QED) is 0.381. The van der Waals surface area contributed by atoms with E-state index in [9.17, 15) is 4.39 Å². The molecule has 1 atom stereocenters. The third-order valence-electron chi connectivity index (χ3n) is 7.51. The lowest BCUT2D eigenvalue weighted by atomic mass is 9.94. The molecule has 7 nitrogen and oxygen atoms in total. The van der Waals surface area contributed by atoms with Crippen LogP contribution in [-0.4, -0.2) is 97.2 Å². The number of piperazine rings is 2. The molecule has 0 amide bonds. The molecular formula is C29H37FN6O. The van der Waals surface area contributed by atoms with Crippen LogP contribution < -0.4 is 0 Å². The van der Waals surface area contributed by atoms with Gasteiger partial charge in [-0.15, -0.1) is 0 Å². The number of hydrogen-bond donors (Lipinski definition) is 0. The van der Waals surface area contributed by atoms with Crippen LogP contribution >= 0.6 is 0 Å². The van der Waals surface area contributed by atoms with Gasteiger partial charge in [0.15, 0.2) is 0 Å². The molecule has 196 valence electrons. The molecule has 2 aliphatic heterocycles. The second-order valence-corrected chi connectivity index (χ2v) is 10.4. The van der Waals surface area contributed by atoms with Gasteiger partial charge < -0.3 is 24.1 Å². The minimum atomic E-state index is -0.202. The molecule has 0 N–H and O–H groups in total. The van der Waals surface area contributed by atoms with Gasteiger partial charge in [-0.2, -0.15) is 4.99 Å². The lowest BCUT2D eigenvalue weighted by Crippen LogP contribution is -2.56. The zero-order valence-electron chi connectivity index (χ0n) is 22.1. The Morgan fingerprint density at radius 1 is 0.892 bits per heavy atom. The molecule has 5 rings (SSSR count). The van der Waals surface area contributed by atoms with Crippen molar-refractivity contribution in [2.24, 2.45) is 4.99 Å². The van der Waals surface area contributed by atoms with Crippen molar-refractivity contribution in [2.75, 3.05) is 66.5 Å². The van der Waals surface area contributed by atoms with Crippen LogP contribution in [0, 0.1) is 5.82 Å². The van der Waals surface area contributed by atoms with Gasteiger partial charge in [0.25, 0.3) is 5.88 Å². The van der Waals surface area contributed by atoms with Gasteiger partial charge in [0.05, 0.1) is 5.69 Å². The zero-order chi connectivity index (χ0) is 25.8. The molecule has 0 saturated carbocycles. The van der Waals surface area contributed by atoms with Crippen molar-refractivity contribution in [3.8, 4) is 11.1 Å². The lowest BCUT2D eigenvalue weighted by Gasteiger charge is -2.41. The monoisotopic (exact) mass is 504 g/mol. The van der Waals surface area contributed by atoms with Crippen molar-refractivity contribution in [3.05, 3.63) is 71.7 Å². The Morgan fingerprint density at radius 2 is 1.49 bits per heavy atom. The number of rotatable bonds is 5. The summed E-state index contributed by atoms with van der Waals surface area (Å²) in [5.41, 5.74) is 3.58. The summed E-state index contributed by atoms with van der Waals surface area (Å²) >= 11 is 0. The number of aromatic nitrogens is 1. The van der Waals surface area contributed by atoms with E-state index in [1.54, 1.807) is 6.07 Å². The van der Waals surface area contributed by atoms with E-state index in [-0.39, 0.29) is 11.7 Å². The van der Waals surface area contributed by atoms with Crippen molar-refractivity contribution in [1.82, 2.24) is 24.8 Å². The summed E-state index contributed by atoms with van der Waals surface area (Å²) < 4.78 is 19.8. The van der Waals surface area contributed by atoms with Crippen LogP contribution in [0.1, 0.15) is 24.1 Å². The SMILES string of the molecule is CC(Cc1cc(N=C(N2CCN(C)CC2)N2CCN(C)CC2)on1)c1ccc(-c2ccccc2F)cc1. The van der Waals surface area contributed by atoms with E-state index in [0.717, 1.165) is 76.0 Å². The molecule has 0 bridgehead atoms. The van der Waals surface area contributed by atoms with Crippen molar-refractivity contribution in [2.45, 2.75) is 19.3 Å². The first-order valence-corrected chi connectivity index (χ1v) is 13.2. The molecule has 2 aliphatic rings. The van der Waals surface area contributed by atoms with Crippen molar-refractivity contribution >= 4 is 11.8 Å². The lowest BCUT2D eigenvalue weighted by molar-refractivity contribution is 0.167. The van der Waals surface area contributed by atoms with Crippen LogP contribution in [-0.2, 0) is 6.42 Å². The van der Waals surface area contributed by atoms with Crippen molar-refractivity contribution < 1.29 is 8.91 Å². The van der Waals surface area contributed by atoms with E-state index in [1.807, 2.05) is 30.3 Å². The van der Waals surface area contributed by atoms with Gasteiger partial charge in [-0.1, -0.05) is 54.5 Å². The van der Waals surface area contributed by atoms with Crippen molar-refractivity contribution in [1.29, 1.82) is 0 Å². The van der Waals surface area contributed by atoms with Gasteiger partial charge in [0.1, 0.15) is 5.82 Å². The molecule has 2 fully saturated rings. The standard InChI is InChI=1S/C29H37FN6O/c1-22(23-8-10-24(11-9-23)26-6-4-5-7-27(26)30)20-25-21-28(37-32-25)31-29(35-16-12-33(2)13-17-35)36-18-14-34(3)15-19-36/h4-11,21-22H,12-20H2,1-3H3. The molecule has 1 unspecified atom stereocenters. The van der Waals surface area contributed by atoms with E-state index in [0.29, 0.717) is 11.4 Å². The Labute approximate surface area is 219 Å². The Bertz CT molecular complexity index is 1170. The Kier molecular flexibility index (Phi) is 7.86. The molecule has 3 heterocycles. The highest BCUT2D eigenvalue weighted by atomic mass is 19.1. The number of aliphatic imine (C=N–C) groups is 1. The van der Waals surface area contributed by atoms with Crippen LogP contribution in [0.5, 0.6) is 0 Å². The smallest absolute Gasteiger partial charge is 0.253 e. The molecule has 8 heteroatoms. The topological polar surface area (TPSA) is 51.4 Å². The summed E-state index contributed by atoms with van der Waals surface area (Å²) in [5.74, 6) is 1.60. The van der Waals surface area contributed by atoms with E-state index in [4.69, 9.17) is 9.52 Å². The third-order valence-corrected chi connectivity index (χ3v) is 7.51. The van der Waals surface area contributed by atoms with Crippen LogP contribution in [0.3, 0.4) is 0 Å². The van der Waals surface area contributed by atoms with Gasteiger partial charge in [-0.25, -0.2) is 4.39 Å². The van der Waals surface area contributed by atoms with Gasteiger partial charge >= 0.3 is 0 Å². The number of halogens is 1. The van der Waals surface area contributed by atoms with E-state index in [2.05, 4.69) is 57.9 Å². The fourth-order valence-corrected chi connectivity index (χ4v) is 5.02. The Balaban J connectivity index is 1.28. The number of benzene rings is 2. The minimum absolute atomic E-state index is 0.202. The minimum Gasteiger partial charge on any atom is -0.340 e. The first-order valence-electron chi connectivity index (χ1n) is 13.2.